The maximum atomic E-state index is 11.2. The van der Waals surface area contributed by atoms with Crippen molar-refractivity contribution >= 4 is 11.7 Å². The van der Waals surface area contributed by atoms with Crippen LogP contribution in [-0.4, -0.2) is 31.2 Å². The lowest BCUT2D eigenvalue weighted by molar-refractivity contribution is -0.141. The van der Waals surface area contributed by atoms with Gasteiger partial charge in [-0.15, -0.1) is 0 Å². The molecule has 0 radical (unpaired) electrons. The minimum atomic E-state index is -0.357. The zero-order valence-corrected chi connectivity index (χ0v) is 11.3. The number of anilines is 1. The monoisotopic (exact) mass is 263 g/mol. The number of esters is 1. The number of pyridine rings is 1. The summed E-state index contributed by atoms with van der Waals surface area (Å²) in [4.78, 5) is 17.8. The standard InChI is InChI=1S/C14H21N3O2/c1-19-14(18)8-13(15)11-7-12(10-16-9-11)17-5-3-2-4-6-17/h7,9-10,13H,2-6,8,15H2,1H3. The summed E-state index contributed by atoms with van der Waals surface area (Å²) in [6.07, 6.45) is 7.50. The van der Waals surface area contributed by atoms with Gasteiger partial charge < -0.3 is 15.4 Å². The molecule has 0 aliphatic carbocycles. The van der Waals surface area contributed by atoms with Gasteiger partial charge in [0.1, 0.15) is 0 Å². The SMILES string of the molecule is COC(=O)CC(N)c1cncc(N2CCCCC2)c1. The maximum absolute atomic E-state index is 11.2. The van der Waals surface area contributed by atoms with Gasteiger partial charge in [0.2, 0.25) is 0 Å². The Morgan fingerprint density at radius 2 is 2.16 bits per heavy atom. The van der Waals surface area contributed by atoms with E-state index in [9.17, 15) is 4.79 Å². The molecule has 0 amide bonds. The number of carbonyl (C=O) groups is 1. The number of nitrogens with zero attached hydrogens (tertiary/aromatic N) is 2. The van der Waals surface area contributed by atoms with Gasteiger partial charge >= 0.3 is 5.97 Å². The van der Waals surface area contributed by atoms with Crippen molar-refractivity contribution in [2.75, 3.05) is 25.1 Å². The molecular weight excluding hydrogens is 242 g/mol. The van der Waals surface area contributed by atoms with Crippen molar-refractivity contribution in [2.24, 2.45) is 5.73 Å². The molecule has 104 valence electrons. The van der Waals surface area contributed by atoms with E-state index >= 15 is 0 Å². The van der Waals surface area contributed by atoms with E-state index in [1.54, 1.807) is 6.20 Å². The van der Waals surface area contributed by atoms with E-state index in [0.29, 0.717) is 0 Å². The predicted octanol–water partition coefficient (Wildman–Crippen LogP) is 1.63. The highest BCUT2D eigenvalue weighted by molar-refractivity contribution is 5.70. The first-order valence-electron chi connectivity index (χ1n) is 6.73. The first kappa shape index (κ1) is 13.8. The third-order valence-electron chi connectivity index (χ3n) is 3.51. The third kappa shape index (κ3) is 3.67. The van der Waals surface area contributed by atoms with Crippen LogP contribution in [0.25, 0.3) is 0 Å². The number of hydrogen-bond donors (Lipinski definition) is 1. The second-order valence-electron chi connectivity index (χ2n) is 4.91. The zero-order valence-electron chi connectivity index (χ0n) is 11.3. The summed E-state index contributed by atoms with van der Waals surface area (Å²) in [5, 5.41) is 0. The highest BCUT2D eigenvalue weighted by Crippen LogP contribution is 2.23. The summed E-state index contributed by atoms with van der Waals surface area (Å²) in [7, 11) is 1.37. The molecule has 2 rings (SSSR count). The number of methoxy groups -OCH3 is 1. The first-order chi connectivity index (χ1) is 9.20. The fourth-order valence-corrected chi connectivity index (χ4v) is 2.35. The van der Waals surface area contributed by atoms with Gasteiger partial charge in [-0.2, -0.15) is 0 Å². The Morgan fingerprint density at radius 1 is 1.42 bits per heavy atom. The topological polar surface area (TPSA) is 68.5 Å². The van der Waals surface area contributed by atoms with Crippen molar-refractivity contribution in [1.82, 2.24) is 4.98 Å². The number of piperidine rings is 1. The molecule has 1 unspecified atom stereocenters. The minimum Gasteiger partial charge on any atom is -0.469 e. The minimum absolute atomic E-state index is 0.182. The Balaban J connectivity index is 2.07. The number of nitrogens with two attached hydrogens (primary N) is 1. The Bertz CT molecular complexity index is 430. The fraction of sp³-hybridized carbons (Fsp3) is 0.571. The number of rotatable bonds is 4. The van der Waals surface area contributed by atoms with Crippen molar-refractivity contribution in [1.29, 1.82) is 0 Å². The molecule has 19 heavy (non-hydrogen) atoms. The molecule has 0 aromatic carbocycles. The molecule has 5 heteroatoms. The summed E-state index contributed by atoms with van der Waals surface area (Å²) in [5.74, 6) is -0.295. The highest BCUT2D eigenvalue weighted by Gasteiger charge is 2.15. The lowest BCUT2D eigenvalue weighted by Crippen LogP contribution is -2.29. The molecule has 1 fully saturated rings. The molecule has 2 heterocycles. The Kier molecular flexibility index (Phi) is 4.74. The summed E-state index contributed by atoms with van der Waals surface area (Å²) < 4.78 is 4.64. The summed E-state index contributed by atoms with van der Waals surface area (Å²) >= 11 is 0. The number of carbonyl (C=O) groups excluding carboxylic acids is 1. The van der Waals surface area contributed by atoms with Gasteiger partial charge in [-0.1, -0.05) is 0 Å². The average Bonchev–Trinajstić information content (AvgIpc) is 2.48. The highest BCUT2D eigenvalue weighted by atomic mass is 16.5. The Labute approximate surface area is 113 Å². The molecule has 0 bridgehead atoms. The van der Waals surface area contributed by atoms with Crippen LogP contribution in [0.15, 0.2) is 18.5 Å². The molecule has 2 N–H and O–H groups in total. The number of aromatic nitrogens is 1. The van der Waals surface area contributed by atoms with Gasteiger partial charge in [-0.05, 0) is 30.9 Å². The van der Waals surface area contributed by atoms with E-state index < -0.39 is 0 Å². The summed E-state index contributed by atoms with van der Waals surface area (Å²) in [6, 6.07) is 1.68. The smallest absolute Gasteiger partial charge is 0.307 e. The molecular formula is C14H21N3O2. The van der Waals surface area contributed by atoms with E-state index in [1.807, 2.05) is 12.3 Å². The number of hydrogen-bond acceptors (Lipinski definition) is 5. The summed E-state index contributed by atoms with van der Waals surface area (Å²) in [6.45, 7) is 2.13. The lowest BCUT2D eigenvalue weighted by Gasteiger charge is -2.29. The first-order valence-corrected chi connectivity index (χ1v) is 6.73. The van der Waals surface area contributed by atoms with Gasteiger partial charge in [0.05, 0.1) is 25.4 Å². The van der Waals surface area contributed by atoms with Gasteiger partial charge in [-0.3, -0.25) is 9.78 Å². The Morgan fingerprint density at radius 3 is 2.84 bits per heavy atom. The van der Waals surface area contributed by atoms with Crippen molar-refractivity contribution < 1.29 is 9.53 Å². The Hall–Kier alpha value is -1.62. The average molecular weight is 263 g/mol. The van der Waals surface area contributed by atoms with E-state index in [1.165, 1.54) is 26.4 Å². The van der Waals surface area contributed by atoms with Crippen molar-refractivity contribution in [3.05, 3.63) is 24.0 Å². The van der Waals surface area contributed by atoms with E-state index in [-0.39, 0.29) is 18.4 Å². The maximum Gasteiger partial charge on any atom is 0.307 e. The van der Waals surface area contributed by atoms with Crippen LogP contribution in [0.3, 0.4) is 0 Å². The van der Waals surface area contributed by atoms with Crippen LogP contribution in [-0.2, 0) is 9.53 Å². The fourth-order valence-electron chi connectivity index (χ4n) is 2.35. The largest absolute Gasteiger partial charge is 0.469 e. The van der Waals surface area contributed by atoms with Crippen LogP contribution in [0.2, 0.25) is 0 Å². The van der Waals surface area contributed by atoms with Crippen LogP contribution in [0, 0.1) is 0 Å². The normalized spacial score (nSPS) is 17.1. The van der Waals surface area contributed by atoms with Gasteiger partial charge in [0.25, 0.3) is 0 Å². The van der Waals surface area contributed by atoms with Crippen LogP contribution in [0.1, 0.15) is 37.3 Å². The van der Waals surface area contributed by atoms with Crippen LogP contribution < -0.4 is 10.6 Å². The molecule has 5 nitrogen and oxygen atoms in total. The van der Waals surface area contributed by atoms with Crippen LogP contribution in [0.5, 0.6) is 0 Å². The van der Waals surface area contributed by atoms with Crippen LogP contribution >= 0.6 is 0 Å². The van der Waals surface area contributed by atoms with E-state index in [2.05, 4.69) is 14.6 Å². The van der Waals surface area contributed by atoms with Crippen molar-refractivity contribution in [3.8, 4) is 0 Å². The van der Waals surface area contributed by atoms with Crippen molar-refractivity contribution in [2.45, 2.75) is 31.7 Å². The second-order valence-corrected chi connectivity index (χ2v) is 4.91. The molecule has 1 aliphatic rings. The molecule has 1 aromatic heterocycles. The molecule has 1 atom stereocenters. The quantitative estimate of drug-likeness (QED) is 0.836. The zero-order chi connectivity index (χ0) is 13.7. The predicted molar refractivity (Wildman–Crippen MR) is 73.9 cm³/mol. The molecule has 1 aliphatic heterocycles. The third-order valence-corrected chi connectivity index (χ3v) is 3.51. The second kappa shape index (κ2) is 6.52. The molecule has 0 spiro atoms. The summed E-state index contributed by atoms with van der Waals surface area (Å²) in [5.41, 5.74) is 7.99. The van der Waals surface area contributed by atoms with E-state index in [0.717, 1.165) is 24.3 Å². The molecule has 0 saturated carbocycles. The van der Waals surface area contributed by atoms with Crippen LogP contribution in [0.4, 0.5) is 5.69 Å². The van der Waals surface area contributed by atoms with Gasteiger partial charge in [-0.25, -0.2) is 0 Å². The molecule has 1 aromatic rings. The van der Waals surface area contributed by atoms with Gasteiger partial charge in [0, 0.05) is 25.3 Å². The number of ether oxygens (including phenoxy) is 1. The van der Waals surface area contributed by atoms with Gasteiger partial charge in [0.15, 0.2) is 0 Å². The molecule has 1 saturated heterocycles. The lowest BCUT2D eigenvalue weighted by atomic mass is 10.1. The van der Waals surface area contributed by atoms with E-state index in [4.69, 9.17) is 5.73 Å². The van der Waals surface area contributed by atoms with Crippen molar-refractivity contribution in [3.63, 3.8) is 0 Å².